The number of carbonyl (C=O) groups is 1. The van der Waals surface area contributed by atoms with Crippen molar-refractivity contribution >= 4 is 6.03 Å². The van der Waals surface area contributed by atoms with E-state index in [2.05, 4.69) is 29.5 Å². The number of aliphatic hydroxyl groups excluding tert-OH is 1. The fourth-order valence-electron chi connectivity index (χ4n) is 2.73. The molecule has 1 aromatic carbocycles. The van der Waals surface area contributed by atoms with Crippen LogP contribution in [0.1, 0.15) is 36.5 Å². The topological polar surface area (TPSA) is 74.2 Å². The van der Waals surface area contributed by atoms with Crippen LogP contribution in [0.5, 0.6) is 0 Å². The lowest BCUT2D eigenvalue weighted by Gasteiger charge is -2.21. The number of hydrogen-bond donors (Lipinski definition) is 3. The van der Waals surface area contributed by atoms with Crippen LogP contribution in [0.25, 0.3) is 0 Å². The van der Waals surface area contributed by atoms with Crippen LogP contribution in [0.2, 0.25) is 0 Å². The Balaban J connectivity index is 1.75. The molecular formula is C20H27N3O2. The van der Waals surface area contributed by atoms with Gasteiger partial charge in [-0.1, -0.05) is 44.2 Å². The molecule has 0 aliphatic heterocycles. The highest BCUT2D eigenvalue weighted by molar-refractivity contribution is 5.73. The minimum atomic E-state index is -0.151. The molecule has 0 aliphatic rings. The number of nitrogens with one attached hydrogen (secondary N) is 2. The number of rotatable bonds is 8. The van der Waals surface area contributed by atoms with Gasteiger partial charge in [0.1, 0.15) is 0 Å². The van der Waals surface area contributed by atoms with Gasteiger partial charge in [-0.3, -0.25) is 4.98 Å². The number of benzene rings is 1. The summed E-state index contributed by atoms with van der Waals surface area (Å²) in [6.07, 6.45) is 4.38. The van der Waals surface area contributed by atoms with Gasteiger partial charge in [-0.15, -0.1) is 0 Å². The molecule has 2 aromatic rings. The van der Waals surface area contributed by atoms with Gasteiger partial charge in [0.05, 0.1) is 6.61 Å². The Morgan fingerprint density at radius 1 is 1.12 bits per heavy atom. The Bertz CT molecular complexity index is 642. The lowest BCUT2D eigenvalue weighted by molar-refractivity contribution is 0.239. The molecule has 0 spiro atoms. The molecule has 25 heavy (non-hydrogen) atoms. The van der Waals surface area contributed by atoms with Gasteiger partial charge in [-0.2, -0.15) is 0 Å². The highest BCUT2D eigenvalue weighted by Crippen LogP contribution is 2.22. The highest BCUT2D eigenvalue weighted by atomic mass is 16.3. The number of pyridine rings is 1. The van der Waals surface area contributed by atoms with Gasteiger partial charge in [0.2, 0.25) is 0 Å². The quantitative estimate of drug-likeness (QED) is 0.691. The first kappa shape index (κ1) is 18.9. The molecule has 1 aromatic heterocycles. The average molecular weight is 341 g/mol. The van der Waals surface area contributed by atoms with E-state index in [4.69, 9.17) is 5.11 Å². The highest BCUT2D eigenvalue weighted by Gasteiger charge is 2.16. The zero-order chi connectivity index (χ0) is 18.1. The van der Waals surface area contributed by atoms with E-state index in [1.165, 1.54) is 0 Å². The predicted molar refractivity (Wildman–Crippen MR) is 99.3 cm³/mol. The molecule has 0 saturated carbocycles. The molecule has 0 aliphatic carbocycles. The molecule has 0 saturated heterocycles. The predicted octanol–water partition coefficient (Wildman–Crippen LogP) is 2.86. The van der Waals surface area contributed by atoms with Gasteiger partial charge in [-0.25, -0.2) is 4.79 Å². The van der Waals surface area contributed by atoms with E-state index in [1.54, 1.807) is 6.20 Å². The second-order valence-corrected chi connectivity index (χ2v) is 6.50. The molecular weight excluding hydrogens is 314 g/mol. The molecule has 134 valence electrons. The molecule has 5 heteroatoms. The number of aromatic nitrogens is 1. The van der Waals surface area contributed by atoms with Crippen molar-refractivity contribution < 1.29 is 9.90 Å². The first-order valence-electron chi connectivity index (χ1n) is 8.70. The van der Waals surface area contributed by atoms with E-state index in [0.717, 1.165) is 23.1 Å². The van der Waals surface area contributed by atoms with Gasteiger partial charge in [0.15, 0.2) is 0 Å². The minimum absolute atomic E-state index is 0.0505. The number of nitrogens with zero attached hydrogens (tertiary/aromatic N) is 1. The molecule has 0 bridgehead atoms. The Morgan fingerprint density at radius 3 is 2.44 bits per heavy atom. The third kappa shape index (κ3) is 6.19. The van der Waals surface area contributed by atoms with Crippen LogP contribution in [-0.2, 0) is 13.0 Å². The Kier molecular flexibility index (Phi) is 7.41. The maximum absolute atomic E-state index is 12.0. The summed E-state index contributed by atoms with van der Waals surface area (Å²) in [5.74, 6) is 0.653. The summed E-state index contributed by atoms with van der Waals surface area (Å²) in [5.41, 5.74) is 3.17. The van der Waals surface area contributed by atoms with E-state index in [9.17, 15) is 4.79 Å². The zero-order valence-electron chi connectivity index (χ0n) is 14.9. The van der Waals surface area contributed by atoms with Gasteiger partial charge in [0, 0.05) is 31.4 Å². The first-order valence-corrected chi connectivity index (χ1v) is 8.70. The smallest absolute Gasteiger partial charge is 0.314 e. The van der Waals surface area contributed by atoms with E-state index < -0.39 is 0 Å². The minimum Gasteiger partial charge on any atom is -0.392 e. The molecule has 1 atom stereocenters. The Labute approximate surface area is 149 Å². The van der Waals surface area contributed by atoms with Crippen molar-refractivity contribution in [1.82, 2.24) is 15.6 Å². The van der Waals surface area contributed by atoms with Gasteiger partial charge in [-0.05, 0) is 35.1 Å². The average Bonchev–Trinajstić information content (AvgIpc) is 2.63. The maximum atomic E-state index is 12.0. The summed E-state index contributed by atoms with van der Waals surface area (Å²) >= 11 is 0. The molecule has 3 N–H and O–H groups in total. The molecule has 5 nitrogen and oxygen atoms in total. The maximum Gasteiger partial charge on any atom is 0.314 e. The summed E-state index contributed by atoms with van der Waals surface area (Å²) in [7, 11) is 0. The first-order chi connectivity index (χ1) is 12.1. The lowest BCUT2D eigenvalue weighted by Crippen LogP contribution is -2.39. The molecule has 1 heterocycles. The van der Waals surface area contributed by atoms with Crippen LogP contribution in [0.15, 0.2) is 48.8 Å². The van der Waals surface area contributed by atoms with Gasteiger partial charge in [0.25, 0.3) is 0 Å². The zero-order valence-corrected chi connectivity index (χ0v) is 14.9. The fraction of sp³-hybridized carbons (Fsp3) is 0.400. The van der Waals surface area contributed by atoms with E-state index in [0.29, 0.717) is 19.0 Å². The van der Waals surface area contributed by atoms with E-state index in [1.807, 2.05) is 42.6 Å². The van der Waals surface area contributed by atoms with Crippen molar-refractivity contribution in [2.24, 2.45) is 5.92 Å². The molecule has 2 amide bonds. The third-order valence-electron chi connectivity index (χ3n) is 4.30. The van der Waals surface area contributed by atoms with Crippen molar-refractivity contribution in [2.45, 2.75) is 32.8 Å². The normalized spacial score (nSPS) is 12.0. The number of urea groups is 1. The van der Waals surface area contributed by atoms with Crippen LogP contribution in [0.3, 0.4) is 0 Å². The van der Waals surface area contributed by atoms with Crippen molar-refractivity contribution in [1.29, 1.82) is 0 Å². The summed E-state index contributed by atoms with van der Waals surface area (Å²) in [6, 6.07) is 11.6. The Morgan fingerprint density at radius 2 is 1.84 bits per heavy atom. The number of aliphatic hydroxyl groups is 1. The molecule has 0 radical (unpaired) electrons. The van der Waals surface area contributed by atoms with Crippen LogP contribution in [-0.4, -0.2) is 29.2 Å². The summed E-state index contributed by atoms with van der Waals surface area (Å²) in [6.45, 7) is 5.50. The number of amides is 2. The summed E-state index contributed by atoms with van der Waals surface area (Å²) < 4.78 is 0. The summed E-state index contributed by atoms with van der Waals surface area (Å²) in [5, 5.41) is 14.9. The third-order valence-corrected chi connectivity index (χ3v) is 4.30. The van der Waals surface area contributed by atoms with Crippen molar-refractivity contribution in [2.75, 3.05) is 13.1 Å². The standard InChI is InChI=1S/C20H27N3O2/c1-15(2)19(18-4-3-10-21-12-18)13-23-20(25)22-11-9-16-5-7-17(14-24)8-6-16/h3-8,10,12,15,19,24H,9,11,13-14H2,1-2H3,(H2,22,23,25). The summed E-state index contributed by atoms with van der Waals surface area (Å²) in [4.78, 5) is 16.2. The largest absolute Gasteiger partial charge is 0.392 e. The number of carbonyl (C=O) groups excluding carboxylic acids is 1. The van der Waals surface area contributed by atoms with Gasteiger partial charge >= 0.3 is 6.03 Å². The van der Waals surface area contributed by atoms with E-state index in [-0.39, 0.29) is 18.6 Å². The van der Waals surface area contributed by atoms with Crippen molar-refractivity contribution in [3.8, 4) is 0 Å². The van der Waals surface area contributed by atoms with Crippen LogP contribution >= 0.6 is 0 Å². The van der Waals surface area contributed by atoms with E-state index >= 15 is 0 Å². The van der Waals surface area contributed by atoms with Gasteiger partial charge < -0.3 is 15.7 Å². The van der Waals surface area contributed by atoms with Crippen molar-refractivity contribution in [3.05, 3.63) is 65.5 Å². The molecule has 0 fully saturated rings. The monoisotopic (exact) mass is 341 g/mol. The second kappa shape index (κ2) is 9.79. The fourth-order valence-corrected chi connectivity index (χ4v) is 2.73. The number of hydrogen-bond acceptors (Lipinski definition) is 3. The van der Waals surface area contributed by atoms with Crippen molar-refractivity contribution in [3.63, 3.8) is 0 Å². The van der Waals surface area contributed by atoms with Crippen LogP contribution in [0, 0.1) is 5.92 Å². The molecule has 2 rings (SSSR count). The lowest BCUT2D eigenvalue weighted by atomic mass is 9.89. The van der Waals surface area contributed by atoms with Crippen LogP contribution in [0.4, 0.5) is 4.79 Å². The Hall–Kier alpha value is -2.40. The van der Waals surface area contributed by atoms with Crippen LogP contribution < -0.4 is 10.6 Å². The molecule has 1 unspecified atom stereocenters. The SMILES string of the molecule is CC(C)C(CNC(=O)NCCc1ccc(CO)cc1)c1cccnc1. The second-order valence-electron chi connectivity index (χ2n) is 6.50.